The Balaban J connectivity index is 1.65. The summed E-state index contributed by atoms with van der Waals surface area (Å²) in [6.07, 6.45) is 1.95. The molecule has 0 aliphatic heterocycles. The van der Waals surface area contributed by atoms with E-state index in [2.05, 4.69) is 15.5 Å². The zero-order valence-corrected chi connectivity index (χ0v) is 14.0. The monoisotopic (exact) mass is 335 g/mol. The molecule has 6 nitrogen and oxygen atoms in total. The largest absolute Gasteiger partial charge is 0.494 e. The quantitative estimate of drug-likeness (QED) is 0.676. The van der Waals surface area contributed by atoms with Gasteiger partial charge in [0.25, 0.3) is 0 Å². The molecule has 1 aromatic heterocycles. The smallest absolute Gasteiger partial charge is 0.228 e. The van der Waals surface area contributed by atoms with E-state index in [0.717, 1.165) is 23.6 Å². The Labute approximate surface area is 139 Å². The summed E-state index contributed by atoms with van der Waals surface area (Å²) in [5.41, 5.74) is 0. The van der Waals surface area contributed by atoms with Crippen molar-refractivity contribution < 1.29 is 14.3 Å². The van der Waals surface area contributed by atoms with Gasteiger partial charge in [0.2, 0.25) is 11.0 Å². The fourth-order valence-corrected chi connectivity index (χ4v) is 2.62. The van der Waals surface area contributed by atoms with Crippen molar-refractivity contribution in [2.24, 2.45) is 0 Å². The first-order chi connectivity index (χ1) is 11.3. The Hall–Kier alpha value is -1.99. The van der Waals surface area contributed by atoms with Gasteiger partial charge < -0.3 is 14.8 Å². The second kappa shape index (κ2) is 9.91. The van der Waals surface area contributed by atoms with E-state index in [1.165, 1.54) is 11.3 Å². The molecular weight excluding hydrogens is 314 g/mol. The highest BCUT2D eigenvalue weighted by Gasteiger charge is 2.08. The van der Waals surface area contributed by atoms with Crippen LogP contribution in [-0.4, -0.2) is 35.9 Å². The molecule has 0 saturated carbocycles. The van der Waals surface area contributed by atoms with Crippen LogP contribution in [0.4, 0.5) is 5.13 Å². The molecule has 1 amide bonds. The number of aryl methyl sites for hydroxylation is 1. The number of ether oxygens (including phenoxy) is 2. The molecule has 2 aromatic rings. The van der Waals surface area contributed by atoms with Gasteiger partial charge in [0.1, 0.15) is 10.8 Å². The molecule has 1 N–H and O–H groups in total. The van der Waals surface area contributed by atoms with E-state index < -0.39 is 0 Å². The predicted molar refractivity (Wildman–Crippen MR) is 89.9 cm³/mol. The van der Waals surface area contributed by atoms with E-state index in [1.54, 1.807) is 0 Å². The number of carbonyl (C=O) groups is 1. The number of hydrogen-bond donors (Lipinski definition) is 1. The van der Waals surface area contributed by atoms with Crippen LogP contribution in [0.25, 0.3) is 0 Å². The fourth-order valence-electron chi connectivity index (χ4n) is 1.83. The normalized spacial score (nSPS) is 10.5. The summed E-state index contributed by atoms with van der Waals surface area (Å²) in [7, 11) is 0. The Bertz CT molecular complexity index is 589. The number of benzene rings is 1. The Morgan fingerprint density at radius 1 is 1.22 bits per heavy atom. The van der Waals surface area contributed by atoms with Crippen LogP contribution in [0, 0.1) is 0 Å². The minimum atomic E-state index is -0.103. The van der Waals surface area contributed by atoms with Gasteiger partial charge in [-0.05, 0) is 25.5 Å². The van der Waals surface area contributed by atoms with Crippen LogP contribution in [0.2, 0.25) is 0 Å². The summed E-state index contributed by atoms with van der Waals surface area (Å²) in [4.78, 5) is 11.6. The fraction of sp³-hybridized carbons (Fsp3) is 0.438. The molecule has 7 heteroatoms. The molecule has 2 rings (SSSR count). The summed E-state index contributed by atoms with van der Waals surface area (Å²) in [5, 5.41) is 12.2. The van der Waals surface area contributed by atoms with Gasteiger partial charge in [-0.25, -0.2) is 0 Å². The maximum Gasteiger partial charge on any atom is 0.228 e. The van der Waals surface area contributed by atoms with Crippen molar-refractivity contribution >= 4 is 22.4 Å². The second-order valence-corrected chi connectivity index (χ2v) is 5.82. The number of anilines is 1. The van der Waals surface area contributed by atoms with Crippen molar-refractivity contribution in [3.05, 3.63) is 35.3 Å². The summed E-state index contributed by atoms with van der Waals surface area (Å²) >= 11 is 1.40. The van der Waals surface area contributed by atoms with Crippen LogP contribution < -0.4 is 10.1 Å². The number of hydrogen-bond acceptors (Lipinski definition) is 6. The SMILES string of the molecule is CCOCCC(=O)Nc1nnc(CCCOc2ccccc2)s1. The third-order valence-electron chi connectivity index (χ3n) is 2.94. The molecule has 0 radical (unpaired) electrons. The molecule has 0 unspecified atom stereocenters. The van der Waals surface area contributed by atoms with E-state index in [0.29, 0.717) is 31.4 Å². The Morgan fingerprint density at radius 2 is 2.04 bits per heavy atom. The number of nitrogens with one attached hydrogen (secondary N) is 1. The van der Waals surface area contributed by atoms with Gasteiger partial charge in [-0.2, -0.15) is 0 Å². The molecule has 0 aliphatic rings. The highest BCUT2D eigenvalue weighted by atomic mass is 32.1. The maximum absolute atomic E-state index is 11.6. The van der Waals surface area contributed by atoms with Crippen LogP contribution in [-0.2, 0) is 16.0 Å². The molecule has 1 aromatic carbocycles. The van der Waals surface area contributed by atoms with Gasteiger partial charge in [-0.15, -0.1) is 10.2 Å². The Morgan fingerprint density at radius 3 is 2.83 bits per heavy atom. The van der Waals surface area contributed by atoms with Crippen LogP contribution >= 0.6 is 11.3 Å². The average Bonchev–Trinajstić information content (AvgIpc) is 3.00. The van der Waals surface area contributed by atoms with Gasteiger partial charge >= 0.3 is 0 Å². The minimum Gasteiger partial charge on any atom is -0.494 e. The maximum atomic E-state index is 11.6. The van der Waals surface area contributed by atoms with Crippen molar-refractivity contribution in [3.63, 3.8) is 0 Å². The van der Waals surface area contributed by atoms with Crippen molar-refractivity contribution in [3.8, 4) is 5.75 Å². The number of carbonyl (C=O) groups excluding carboxylic acids is 1. The number of aromatic nitrogens is 2. The van der Waals surface area contributed by atoms with Gasteiger partial charge in [-0.1, -0.05) is 29.5 Å². The van der Waals surface area contributed by atoms with Crippen LogP contribution in [0.15, 0.2) is 30.3 Å². The zero-order chi connectivity index (χ0) is 16.3. The lowest BCUT2D eigenvalue weighted by Gasteiger charge is -2.04. The first kappa shape index (κ1) is 17.4. The molecule has 0 atom stereocenters. The third-order valence-corrected chi connectivity index (χ3v) is 3.84. The molecule has 23 heavy (non-hydrogen) atoms. The van der Waals surface area contributed by atoms with E-state index in [4.69, 9.17) is 9.47 Å². The minimum absolute atomic E-state index is 0.103. The highest BCUT2D eigenvalue weighted by molar-refractivity contribution is 7.15. The van der Waals surface area contributed by atoms with Crippen LogP contribution in [0.1, 0.15) is 24.8 Å². The van der Waals surface area contributed by atoms with E-state index >= 15 is 0 Å². The first-order valence-electron chi connectivity index (χ1n) is 7.65. The van der Waals surface area contributed by atoms with Crippen molar-refractivity contribution in [1.82, 2.24) is 10.2 Å². The summed E-state index contributed by atoms with van der Waals surface area (Å²) in [5.74, 6) is 0.764. The molecule has 0 saturated heterocycles. The summed E-state index contributed by atoms with van der Waals surface area (Å²) in [6, 6.07) is 9.71. The summed E-state index contributed by atoms with van der Waals surface area (Å²) in [6.45, 7) is 3.56. The lowest BCUT2D eigenvalue weighted by Crippen LogP contribution is -2.13. The van der Waals surface area contributed by atoms with Crippen molar-refractivity contribution in [2.45, 2.75) is 26.2 Å². The highest BCUT2D eigenvalue weighted by Crippen LogP contribution is 2.17. The van der Waals surface area contributed by atoms with Gasteiger partial charge in [0.15, 0.2) is 0 Å². The van der Waals surface area contributed by atoms with Crippen LogP contribution in [0.5, 0.6) is 5.75 Å². The first-order valence-corrected chi connectivity index (χ1v) is 8.47. The molecule has 124 valence electrons. The molecule has 0 bridgehead atoms. The van der Waals surface area contributed by atoms with E-state index in [1.807, 2.05) is 37.3 Å². The topological polar surface area (TPSA) is 73.3 Å². The predicted octanol–water partition coefficient (Wildman–Crippen LogP) is 2.91. The number of rotatable bonds is 10. The molecule has 0 spiro atoms. The molecule has 0 fully saturated rings. The van der Waals surface area contributed by atoms with Gasteiger partial charge in [-0.3, -0.25) is 4.79 Å². The van der Waals surface area contributed by atoms with E-state index in [9.17, 15) is 4.79 Å². The number of para-hydroxylation sites is 1. The summed E-state index contributed by atoms with van der Waals surface area (Å²) < 4.78 is 10.8. The lowest BCUT2D eigenvalue weighted by molar-refractivity contribution is -0.117. The molecular formula is C16H21N3O3S. The van der Waals surface area contributed by atoms with Gasteiger partial charge in [0, 0.05) is 13.0 Å². The third kappa shape index (κ3) is 6.75. The number of amides is 1. The number of nitrogens with zero attached hydrogens (tertiary/aromatic N) is 2. The van der Waals surface area contributed by atoms with Gasteiger partial charge in [0.05, 0.1) is 19.6 Å². The van der Waals surface area contributed by atoms with Crippen LogP contribution in [0.3, 0.4) is 0 Å². The van der Waals surface area contributed by atoms with Crippen molar-refractivity contribution in [2.75, 3.05) is 25.1 Å². The van der Waals surface area contributed by atoms with E-state index in [-0.39, 0.29) is 5.91 Å². The Kier molecular flexibility index (Phi) is 7.48. The standard InChI is InChI=1S/C16H21N3O3S/c1-2-21-12-10-14(20)17-16-19-18-15(23-16)9-6-11-22-13-7-4-3-5-8-13/h3-5,7-8H,2,6,9-12H2,1H3,(H,17,19,20). The molecule has 1 heterocycles. The second-order valence-electron chi connectivity index (χ2n) is 4.76. The van der Waals surface area contributed by atoms with Crippen molar-refractivity contribution in [1.29, 1.82) is 0 Å². The zero-order valence-electron chi connectivity index (χ0n) is 13.2. The average molecular weight is 335 g/mol. The molecule has 0 aliphatic carbocycles. The lowest BCUT2D eigenvalue weighted by atomic mass is 10.3.